The predicted molar refractivity (Wildman–Crippen MR) is 129 cm³/mol. The fourth-order valence-corrected chi connectivity index (χ4v) is 4.29. The quantitative estimate of drug-likeness (QED) is 0.356. The van der Waals surface area contributed by atoms with E-state index in [9.17, 15) is 0 Å². The number of anilines is 2. The van der Waals surface area contributed by atoms with Gasteiger partial charge in [0.25, 0.3) is 0 Å². The summed E-state index contributed by atoms with van der Waals surface area (Å²) in [5.41, 5.74) is 3.99. The highest BCUT2D eigenvalue weighted by Crippen LogP contribution is 2.29. The molecule has 1 saturated carbocycles. The number of ether oxygens (including phenoxy) is 2. The van der Waals surface area contributed by atoms with Crippen LogP contribution >= 0.6 is 0 Å². The standard InChI is InChI=1S/C27H33N3O2/c1-21-18-26(32-20-24-12-6-16-28-30-24)14-15-27(21)29-23-11-5-13-25(19-23)31-17-7-10-22-8-3-2-4-9-22/h5-6,11-16,18-19,22,29H,2-4,7-10,17,20H2,1H3. The molecule has 0 amide bonds. The van der Waals surface area contributed by atoms with E-state index in [-0.39, 0.29) is 0 Å². The maximum absolute atomic E-state index is 6.03. The van der Waals surface area contributed by atoms with Crippen LogP contribution in [0.5, 0.6) is 11.5 Å². The minimum Gasteiger partial charge on any atom is -0.494 e. The van der Waals surface area contributed by atoms with Gasteiger partial charge in [0, 0.05) is 23.6 Å². The van der Waals surface area contributed by atoms with Crippen molar-refractivity contribution in [1.29, 1.82) is 0 Å². The molecule has 0 atom stereocenters. The zero-order chi connectivity index (χ0) is 22.0. The number of hydrogen-bond donors (Lipinski definition) is 1. The summed E-state index contributed by atoms with van der Waals surface area (Å²) in [6, 6.07) is 18.0. The van der Waals surface area contributed by atoms with Crippen molar-refractivity contribution in [1.82, 2.24) is 10.2 Å². The van der Waals surface area contributed by atoms with E-state index in [1.165, 1.54) is 38.5 Å². The maximum atomic E-state index is 6.03. The van der Waals surface area contributed by atoms with E-state index in [1.807, 2.05) is 42.5 Å². The molecule has 5 nitrogen and oxygen atoms in total. The van der Waals surface area contributed by atoms with Crippen LogP contribution in [0.4, 0.5) is 11.4 Å². The highest BCUT2D eigenvalue weighted by molar-refractivity contribution is 5.65. The summed E-state index contributed by atoms with van der Waals surface area (Å²) in [5.74, 6) is 2.64. The molecular formula is C27H33N3O2. The Bertz CT molecular complexity index is 972. The van der Waals surface area contributed by atoms with Gasteiger partial charge in [-0.05, 0) is 73.7 Å². The van der Waals surface area contributed by atoms with Crippen molar-refractivity contribution in [2.45, 2.75) is 58.5 Å². The minimum atomic E-state index is 0.403. The first-order valence-corrected chi connectivity index (χ1v) is 11.8. The Morgan fingerprint density at radius 1 is 0.938 bits per heavy atom. The van der Waals surface area contributed by atoms with E-state index in [0.29, 0.717) is 6.61 Å². The molecule has 0 unspecified atom stereocenters. The van der Waals surface area contributed by atoms with E-state index < -0.39 is 0 Å². The fourth-order valence-electron chi connectivity index (χ4n) is 4.29. The lowest BCUT2D eigenvalue weighted by Gasteiger charge is -2.21. The number of rotatable bonds is 10. The molecule has 168 valence electrons. The number of hydrogen-bond acceptors (Lipinski definition) is 5. The van der Waals surface area contributed by atoms with Crippen molar-refractivity contribution in [3.8, 4) is 11.5 Å². The molecule has 0 saturated heterocycles. The van der Waals surface area contributed by atoms with Crippen molar-refractivity contribution in [3.05, 3.63) is 72.1 Å². The topological polar surface area (TPSA) is 56.3 Å². The average Bonchev–Trinajstić information content (AvgIpc) is 2.84. The Morgan fingerprint density at radius 3 is 2.62 bits per heavy atom. The summed E-state index contributed by atoms with van der Waals surface area (Å²) in [4.78, 5) is 0. The van der Waals surface area contributed by atoms with Crippen molar-refractivity contribution in [2.75, 3.05) is 11.9 Å². The Kier molecular flexibility index (Phi) is 7.96. The van der Waals surface area contributed by atoms with Crippen LogP contribution in [0.2, 0.25) is 0 Å². The van der Waals surface area contributed by atoms with Gasteiger partial charge >= 0.3 is 0 Å². The largest absolute Gasteiger partial charge is 0.494 e. The van der Waals surface area contributed by atoms with Crippen LogP contribution < -0.4 is 14.8 Å². The molecule has 1 fully saturated rings. The van der Waals surface area contributed by atoms with E-state index in [1.54, 1.807) is 6.20 Å². The fraction of sp³-hybridized carbons (Fsp3) is 0.407. The normalized spacial score (nSPS) is 14.2. The predicted octanol–water partition coefficient (Wildman–Crippen LogP) is 6.85. The second-order valence-electron chi connectivity index (χ2n) is 8.63. The lowest BCUT2D eigenvalue weighted by Crippen LogP contribution is -2.08. The van der Waals surface area contributed by atoms with Crippen LogP contribution in [0.1, 0.15) is 56.2 Å². The molecule has 2 aromatic carbocycles. The highest BCUT2D eigenvalue weighted by atomic mass is 16.5. The third kappa shape index (κ3) is 6.71. The Balaban J connectivity index is 1.26. The van der Waals surface area contributed by atoms with E-state index in [4.69, 9.17) is 9.47 Å². The molecule has 4 rings (SSSR count). The molecule has 0 spiro atoms. The molecule has 0 bridgehead atoms. The molecule has 1 aromatic heterocycles. The number of nitrogens with one attached hydrogen (secondary N) is 1. The Morgan fingerprint density at radius 2 is 1.81 bits per heavy atom. The minimum absolute atomic E-state index is 0.403. The first-order valence-electron chi connectivity index (χ1n) is 11.8. The highest BCUT2D eigenvalue weighted by Gasteiger charge is 2.12. The SMILES string of the molecule is Cc1cc(OCc2cccnn2)ccc1Nc1cccc(OCCCC2CCCCC2)c1. The molecule has 1 heterocycles. The van der Waals surface area contributed by atoms with Gasteiger partial charge in [-0.3, -0.25) is 0 Å². The molecule has 1 N–H and O–H groups in total. The zero-order valence-corrected chi connectivity index (χ0v) is 18.9. The molecule has 0 radical (unpaired) electrons. The number of benzene rings is 2. The zero-order valence-electron chi connectivity index (χ0n) is 18.9. The summed E-state index contributed by atoms with van der Waals surface area (Å²) in [5, 5.41) is 11.4. The second kappa shape index (κ2) is 11.5. The molecule has 1 aliphatic rings. The molecular weight excluding hydrogens is 398 g/mol. The number of aryl methyl sites for hydroxylation is 1. The number of nitrogens with zero attached hydrogens (tertiary/aromatic N) is 2. The smallest absolute Gasteiger partial charge is 0.132 e. The van der Waals surface area contributed by atoms with Gasteiger partial charge in [0.1, 0.15) is 23.8 Å². The van der Waals surface area contributed by atoms with Crippen LogP contribution in [-0.2, 0) is 6.61 Å². The summed E-state index contributed by atoms with van der Waals surface area (Å²) in [6.07, 6.45) is 11.1. The summed E-state index contributed by atoms with van der Waals surface area (Å²) >= 11 is 0. The molecule has 5 heteroatoms. The lowest BCUT2D eigenvalue weighted by molar-refractivity contribution is 0.269. The van der Waals surface area contributed by atoms with Crippen molar-refractivity contribution >= 4 is 11.4 Å². The maximum Gasteiger partial charge on any atom is 0.132 e. The molecule has 3 aromatic rings. The summed E-state index contributed by atoms with van der Waals surface area (Å²) in [7, 11) is 0. The van der Waals surface area contributed by atoms with Crippen molar-refractivity contribution in [2.24, 2.45) is 5.92 Å². The average molecular weight is 432 g/mol. The van der Waals surface area contributed by atoms with Gasteiger partial charge in [-0.2, -0.15) is 10.2 Å². The summed E-state index contributed by atoms with van der Waals surface area (Å²) in [6.45, 7) is 3.26. The van der Waals surface area contributed by atoms with Gasteiger partial charge in [0.05, 0.1) is 6.61 Å². The molecule has 1 aliphatic carbocycles. The van der Waals surface area contributed by atoms with Crippen LogP contribution in [0, 0.1) is 12.8 Å². The first kappa shape index (κ1) is 22.1. The van der Waals surface area contributed by atoms with Gasteiger partial charge < -0.3 is 14.8 Å². The van der Waals surface area contributed by atoms with E-state index in [2.05, 4.69) is 34.6 Å². The van der Waals surface area contributed by atoms with Crippen LogP contribution in [0.15, 0.2) is 60.8 Å². The first-order chi connectivity index (χ1) is 15.8. The second-order valence-corrected chi connectivity index (χ2v) is 8.63. The summed E-state index contributed by atoms with van der Waals surface area (Å²) < 4.78 is 11.9. The van der Waals surface area contributed by atoms with Crippen LogP contribution in [0.3, 0.4) is 0 Å². The Hall–Kier alpha value is -3.08. The third-order valence-electron chi connectivity index (χ3n) is 6.08. The van der Waals surface area contributed by atoms with E-state index >= 15 is 0 Å². The van der Waals surface area contributed by atoms with Crippen LogP contribution in [-0.4, -0.2) is 16.8 Å². The Labute approximate surface area is 191 Å². The van der Waals surface area contributed by atoms with Gasteiger partial charge in [0.2, 0.25) is 0 Å². The van der Waals surface area contributed by atoms with Gasteiger partial charge in [-0.25, -0.2) is 0 Å². The van der Waals surface area contributed by atoms with Gasteiger partial charge in [-0.15, -0.1) is 0 Å². The van der Waals surface area contributed by atoms with Crippen LogP contribution in [0.25, 0.3) is 0 Å². The lowest BCUT2D eigenvalue weighted by atomic mass is 9.86. The van der Waals surface area contributed by atoms with Crippen molar-refractivity contribution in [3.63, 3.8) is 0 Å². The van der Waals surface area contributed by atoms with Gasteiger partial charge in [-0.1, -0.05) is 38.2 Å². The monoisotopic (exact) mass is 431 g/mol. The molecule has 0 aliphatic heterocycles. The third-order valence-corrected chi connectivity index (χ3v) is 6.08. The van der Waals surface area contributed by atoms with Crippen molar-refractivity contribution < 1.29 is 9.47 Å². The van der Waals surface area contributed by atoms with E-state index in [0.717, 1.165) is 53.1 Å². The van der Waals surface area contributed by atoms with Gasteiger partial charge in [0.15, 0.2) is 0 Å². The number of aromatic nitrogens is 2. The molecule has 32 heavy (non-hydrogen) atoms.